The van der Waals surface area contributed by atoms with Crippen LogP contribution in [-0.2, 0) is 4.79 Å². The van der Waals surface area contributed by atoms with Crippen molar-refractivity contribution in [2.45, 2.75) is 39.0 Å². The van der Waals surface area contributed by atoms with E-state index in [0.29, 0.717) is 12.8 Å². The molecule has 1 amide bonds. The molecule has 3 nitrogen and oxygen atoms in total. The number of carbonyl (C=O) groups excluding carboxylic acids is 1. The van der Waals surface area contributed by atoms with Crippen LogP contribution in [-0.4, -0.2) is 24.2 Å². The highest BCUT2D eigenvalue weighted by molar-refractivity contribution is 5.93. The Kier molecular flexibility index (Phi) is 5.20. The Balaban J connectivity index is 2.20. The van der Waals surface area contributed by atoms with Crippen LogP contribution in [0.1, 0.15) is 43.2 Å². The average Bonchev–Trinajstić information content (AvgIpc) is 2.65. The van der Waals surface area contributed by atoms with Gasteiger partial charge in [0.15, 0.2) is 0 Å². The lowest BCUT2D eigenvalue weighted by atomic mass is 10.1. The monoisotopic (exact) mass is 271 g/mol. The number of carbonyl (C=O) groups is 1. The zero-order valence-electron chi connectivity index (χ0n) is 12.0. The first-order valence-electron chi connectivity index (χ1n) is 7.23. The number of benzene rings is 1. The Bertz CT molecular complexity index is 540. The number of hydrogen-bond donors (Lipinski definition) is 1. The van der Waals surface area contributed by atoms with E-state index >= 15 is 0 Å². The van der Waals surface area contributed by atoms with Gasteiger partial charge in [0.1, 0.15) is 0 Å². The molecule has 3 heteroatoms. The highest BCUT2D eigenvalue weighted by Gasteiger charge is 2.18. The van der Waals surface area contributed by atoms with Crippen LogP contribution >= 0.6 is 0 Å². The van der Waals surface area contributed by atoms with Crippen molar-refractivity contribution in [2.24, 2.45) is 0 Å². The summed E-state index contributed by atoms with van der Waals surface area (Å²) in [4.78, 5) is 14.0. The number of hydrogen-bond acceptors (Lipinski definition) is 2. The summed E-state index contributed by atoms with van der Waals surface area (Å²) in [5.41, 5.74) is 3.01. The first kappa shape index (κ1) is 14.6. The number of amides is 1. The Hall–Kier alpha value is -1.79. The van der Waals surface area contributed by atoms with Crippen molar-refractivity contribution in [1.82, 2.24) is 0 Å². The predicted molar refractivity (Wildman–Crippen MR) is 80.6 cm³/mol. The van der Waals surface area contributed by atoms with E-state index in [0.717, 1.165) is 42.6 Å². The minimum absolute atomic E-state index is 0.0897. The zero-order valence-corrected chi connectivity index (χ0v) is 12.0. The molecular formula is C17H21NO2. The van der Waals surface area contributed by atoms with Crippen molar-refractivity contribution in [3.8, 4) is 11.8 Å². The van der Waals surface area contributed by atoms with E-state index in [-0.39, 0.29) is 12.5 Å². The molecule has 1 aliphatic rings. The molecule has 1 fully saturated rings. The molecule has 0 radical (unpaired) electrons. The number of aliphatic hydroxyl groups is 1. The van der Waals surface area contributed by atoms with Crippen LogP contribution in [0, 0.1) is 18.8 Å². The molecule has 2 rings (SSSR count). The van der Waals surface area contributed by atoms with E-state index in [4.69, 9.17) is 5.11 Å². The largest absolute Gasteiger partial charge is 0.395 e. The summed E-state index contributed by atoms with van der Waals surface area (Å²) in [6.45, 7) is 2.91. The smallest absolute Gasteiger partial charge is 0.226 e. The van der Waals surface area contributed by atoms with Crippen LogP contribution < -0.4 is 4.90 Å². The second kappa shape index (κ2) is 7.12. The van der Waals surface area contributed by atoms with Crippen molar-refractivity contribution in [1.29, 1.82) is 0 Å². The number of aliphatic hydroxyl groups excluding tert-OH is 1. The molecule has 0 atom stereocenters. The van der Waals surface area contributed by atoms with Gasteiger partial charge in [0, 0.05) is 30.6 Å². The fraction of sp³-hybridized carbons (Fsp3) is 0.471. The lowest BCUT2D eigenvalue weighted by Crippen LogP contribution is -2.29. The maximum Gasteiger partial charge on any atom is 0.226 e. The highest BCUT2D eigenvalue weighted by atomic mass is 16.2. The highest BCUT2D eigenvalue weighted by Crippen LogP contribution is 2.23. The Labute approximate surface area is 120 Å². The summed E-state index contributed by atoms with van der Waals surface area (Å²) in [5.74, 6) is 6.21. The van der Waals surface area contributed by atoms with Gasteiger partial charge in [-0.05, 0) is 43.5 Å². The van der Waals surface area contributed by atoms with Crippen molar-refractivity contribution >= 4 is 11.6 Å². The summed E-state index contributed by atoms with van der Waals surface area (Å²) in [6, 6.07) is 5.97. The molecule has 1 saturated heterocycles. The molecule has 20 heavy (non-hydrogen) atoms. The maximum atomic E-state index is 12.1. The van der Waals surface area contributed by atoms with Crippen molar-refractivity contribution in [3.63, 3.8) is 0 Å². The van der Waals surface area contributed by atoms with Gasteiger partial charge in [0.25, 0.3) is 0 Å². The van der Waals surface area contributed by atoms with E-state index in [1.165, 1.54) is 0 Å². The number of nitrogens with zero attached hydrogens (tertiary/aromatic N) is 1. The van der Waals surface area contributed by atoms with Gasteiger partial charge >= 0.3 is 0 Å². The molecule has 0 aromatic heterocycles. The van der Waals surface area contributed by atoms with E-state index < -0.39 is 0 Å². The summed E-state index contributed by atoms with van der Waals surface area (Å²) in [6.07, 6.45) is 4.34. The van der Waals surface area contributed by atoms with Crippen molar-refractivity contribution < 1.29 is 9.90 Å². The number of anilines is 1. The Morgan fingerprint density at radius 1 is 1.30 bits per heavy atom. The van der Waals surface area contributed by atoms with Gasteiger partial charge in [-0.1, -0.05) is 18.3 Å². The molecule has 1 aromatic carbocycles. The van der Waals surface area contributed by atoms with Crippen LogP contribution in [0.25, 0.3) is 0 Å². The third kappa shape index (κ3) is 3.61. The number of rotatable bonds is 2. The van der Waals surface area contributed by atoms with Gasteiger partial charge in [0.2, 0.25) is 5.91 Å². The van der Waals surface area contributed by atoms with Gasteiger partial charge < -0.3 is 10.0 Å². The first-order chi connectivity index (χ1) is 9.72. The van der Waals surface area contributed by atoms with E-state index in [1.54, 1.807) is 0 Å². The molecule has 1 aromatic rings. The minimum atomic E-state index is 0.0897. The standard InChI is InChI=1S/C17H21NO2/c1-14-13-16(10-9-15(14)7-4-6-12-19)18-11-5-2-3-8-17(18)20/h9-10,13,19H,2-3,5-6,8,11-12H2,1H3. The van der Waals surface area contributed by atoms with Gasteiger partial charge in [-0.25, -0.2) is 0 Å². The van der Waals surface area contributed by atoms with Crippen molar-refractivity contribution in [3.05, 3.63) is 29.3 Å². The third-order valence-corrected chi connectivity index (χ3v) is 3.55. The molecular weight excluding hydrogens is 250 g/mol. The molecule has 1 aliphatic heterocycles. The predicted octanol–water partition coefficient (Wildman–Crippen LogP) is 2.64. The molecule has 0 aliphatic carbocycles. The van der Waals surface area contributed by atoms with Gasteiger partial charge in [-0.15, -0.1) is 0 Å². The molecule has 106 valence electrons. The Morgan fingerprint density at radius 3 is 2.90 bits per heavy atom. The number of aryl methyl sites for hydroxylation is 1. The van der Waals surface area contributed by atoms with Crippen LogP contribution in [0.2, 0.25) is 0 Å². The van der Waals surface area contributed by atoms with Gasteiger partial charge in [0.05, 0.1) is 6.61 Å². The third-order valence-electron chi connectivity index (χ3n) is 3.55. The zero-order chi connectivity index (χ0) is 14.4. The quantitative estimate of drug-likeness (QED) is 0.840. The molecule has 0 spiro atoms. The summed E-state index contributed by atoms with van der Waals surface area (Å²) >= 11 is 0. The molecule has 0 bridgehead atoms. The lowest BCUT2D eigenvalue weighted by molar-refractivity contribution is -0.118. The first-order valence-corrected chi connectivity index (χ1v) is 7.23. The van der Waals surface area contributed by atoms with Gasteiger partial charge in [-0.3, -0.25) is 4.79 Å². The average molecular weight is 271 g/mol. The molecule has 0 saturated carbocycles. The van der Waals surface area contributed by atoms with Gasteiger partial charge in [-0.2, -0.15) is 0 Å². The van der Waals surface area contributed by atoms with E-state index in [9.17, 15) is 4.79 Å². The second-order valence-electron chi connectivity index (χ2n) is 5.13. The molecule has 1 N–H and O–H groups in total. The minimum Gasteiger partial charge on any atom is -0.395 e. The lowest BCUT2D eigenvalue weighted by Gasteiger charge is -2.21. The van der Waals surface area contributed by atoms with Crippen LogP contribution in [0.4, 0.5) is 5.69 Å². The molecule has 0 unspecified atom stereocenters. The summed E-state index contributed by atoms with van der Waals surface area (Å²) in [5, 5.41) is 8.74. The van der Waals surface area contributed by atoms with Crippen molar-refractivity contribution in [2.75, 3.05) is 18.1 Å². The fourth-order valence-corrected chi connectivity index (χ4v) is 2.43. The van der Waals surface area contributed by atoms with Crippen LogP contribution in [0.3, 0.4) is 0 Å². The maximum absolute atomic E-state index is 12.1. The Morgan fingerprint density at radius 2 is 2.15 bits per heavy atom. The van der Waals surface area contributed by atoms with E-state index in [1.807, 2.05) is 30.0 Å². The topological polar surface area (TPSA) is 40.5 Å². The van der Waals surface area contributed by atoms with E-state index in [2.05, 4.69) is 11.8 Å². The summed E-state index contributed by atoms with van der Waals surface area (Å²) < 4.78 is 0. The normalized spacial score (nSPS) is 15.5. The second-order valence-corrected chi connectivity index (χ2v) is 5.13. The SMILES string of the molecule is Cc1cc(N2CCCCCC2=O)ccc1C#CCCO. The molecule has 1 heterocycles. The van der Waals surface area contributed by atoms with Crippen LogP contribution in [0.5, 0.6) is 0 Å². The summed E-state index contributed by atoms with van der Waals surface area (Å²) in [7, 11) is 0. The van der Waals surface area contributed by atoms with Crippen LogP contribution in [0.15, 0.2) is 18.2 Å². The fourth-order valence-electron chi connectivity index (χ4n) is 2.43.